The molecule has 2 heterocycles. The normalized spacial score (nSPS) is 13.3. The minimum absolute atomic E-state index is 0.129. The number of aromatic nitrogens is 1. The van der Waals surface area contributed by atoms with Gasteiger partial charge in [-0.3, -0.25) is 4.98 Å². The highest BCUT2D eigenvalue weighted by atomic mass is 16.7. The number of carbonyl (C=O) groups is 1. The van der Waals surface area contributed by atoms with E-state index in [4.69, 9.17) is 9.47 Å². The van der Waals surface area contributed by atoms with Crippen LogP contribution in [0.3, 0.4) is 0 Å². The van der Waals surface area contributed by atoms with Gasteiger partial charge in [0.25, 0.3) is 0 Å². The molecule has 0 bridgehead atoms. The highest BCUT2D eigenvalue weighted by Gasteiger charge is 2.15. The maximum atomic E-state index is 11.4. The second-order valence-corrected chi connectivity index (χ2v) is 4.19. The van der Waals surface area contributed by atoms with Crippen LogP contribution in [0.2, 0.25) is 0 Å². The fourth-order valence-electron chi connectivity index (χ4n) is 1.94. The van der Waals surface area contributed by atoms with Crippen LogP contribution in [0.4, 0.5) is 0 Å². The maximum absolute atomic E-state index is 11.4. The number of ether oxygens (including phenoxy) is 2. The van der Waals surface area contributed by atoms with Crippen LogP contribution in [0.25, 0.3) is 11.6 Å². The van der Waals surface area contributed by atoms with E-state index in [2.05, 4.69) is 4.98 Å². The number of pyridine rings is 1. The first-order valence-corrected chi connectivity index (χ1v) is 6.00. The predicted molar refractivity (Wildman–Crippen MR) is 72.3 cm³/mol. The number of benzene rings is 1. The molecule has 5 heteroatoms. The average molecular weight is 269 g/mol. The molecular formula is C15H11NO4. The van der Waals surface area contributed by atoms with Crippen molar-refractivity contribution in [1.82, 2.24) is 4.98 Å². The van der Waals surface area contributed by atoms with Gasteiger partial charge >= 0.3 is 5.97 Å². The SMILES string of the molecule is O=C(O)/C(=C/c1ccc2c(c1)OCO2)c1ccccn1. The van der Waals surface area contributed by atoms with Crippen molar-refractivity contribution in [3.8, 4) is 11.5 Å². The van der Waals surface area contributed by atoms with Crippen molar-refractivity contribution in [3.05, 3.63) is 53.9 Å². The number of carboxylic acids is 1. The molecule has 0 amide bonds. The molecular weight excluding hydrogens is 258 g/mol. The largest absolute Gasteiger partial charge is 0.478 e. The Bertz CT molecular complexity index is 680. The molecule has 0 spiro atoms. The van der Waals surface area contributed by atoms with Crippen molar-refractivity contribution in [3.63, 3.8) is 0 Å². The van der Waals surface area contributed by atoms with E-state index in [9.17, 15) is 9.90 Å². The molecule has 1 aliphatic heterocycles. The molecule has 0 atom stereocenters. The summed E-state index contributed by atoms with van der Waals surface area (Å²) >= 11 is 0. The minimum Gasteiger partial charge on any atom is -0.478 e. The van der Waals surface area contributed by atoms with E-state index in [-0.39, 0.29) is 12.4 Å². The number of nitrogens with zero attached hydrogens (tertiary/aromatic N) is 1. The molecule has 0 unspecified atom stereocenters. The monoisotopic (exact) mass is 269 g/mol. The van der Waals surface area contributed by atoms with Crippen LogP contribution in [0.15, 0.2) is 42.6 Å². The Hall–Kier alpha value is -2.82. The molecule has 1 aromatic carbocycles. The van der Waals surface area contributed by atoms with Crippen molar-refractivity contribution in [2.45, 2.75) is 0 Å². The van der Waals surface area contributed by atoms with Gasteiger partial charge in [-0.25, -0.2) is 4.79 Å². The minimum atomic E-state index is -1.03. The van der Waals surface area contributed by atoms with Crippen molar-refractivity contribution >= 4 is 17.6 Å². The zero-order valence-corrected chi connectivity index (χ0v) is 10.4. The van der Waals surface area contributed by atoms with E-state index >= 15 is 0 Å². The first-order valence-electron chi connectivity index (χ1n) is 6.00. The summed E-state index contributed by atoms with van der Waals surface area (Å²) in [6.07, 6.45) is 3.12. The lowest BCUT2D eigenvalue weighted by Gasteiger charge is -2.03. The average Bonchev–Trinajstić information content (AvgIpc) is 2.93. The van der Waals surface area contributed by atoms with E-state index in [0.29, 0.717) is 17.2 Å². The van der Waals surface area contributed by atoms with Gasteiger partial charge in [0.1, 0.15) is 0 Å². The molecule has 0 saturated carbocycles. The zero-order chi connectivity index (χ0) is 13.9. The van der Waals surface area contributed by atoms with E-state index in [1.54, 1.807) is 48.7 Å². The second kappa shape index (κ2) is 5.05. The topological polar surface area (TPSA) is 68.7 Å². The summed E-state index contributed by atoms with van der Waals surface area (Å²) in [5.41, 5.74) is 1.26. The molecule has 3 rings (SSSR count). The van der Waals surface area contributed by atoms with Crippen LogP contribution in [0.5, 0.6) is 11.5 Å². The van der Waals surface area contributed by atoms with Gasteiger partial charge in [0.15, 0.2) is 11.5 Å². The predicted octanol–water partition coefficient (Wildman–Crippen LogP) is 2.44. The lowest BCUT2D eigenvalue weighted by atomic mass is 10.1. The molecule has 0 saturated heterocycles. The fraction of sp³-hybridized carbons (Fsp3) is 0.0667. The Balaban J connectivity index is 2.01. The quantitative estimate of drug-likeness (QED) is 0.867. The molecule has 1 aromatic heterocycles. The molecule has 20 heavy (non-hydrogen) atoms. The summed E-state index contributed by atoms with van der Waals surface area (Å²) in [6.45, 7) is 0.189. The molecule has 0 radical (unpaired) electrons. The van der Waals surface area contributed by atoms with Crippen LogP contribution in [-0.4, -0.2) is 22.9 Å². The van der Waals surface area contributed by atoms with Gasteiger partial charge in [0.05, 0.1) is 11.3 Å². The number of hydrogen-bond acceptors (Lipinski definition) is 4. The van der Waals surface area contributed by atoms with Crippen LogP contribution >= 0.6 is 0 Å². The first-order chi connectivity index (χ1) is 9.74. The highest BCUT2D eigenvalue weighted by molar-refractivity contribution is 6.20. The Morgan fingerprint density at radius 2 is 2.05 bits per heavy atom. The van der Waals surface area contributed by atoms with E-state index < -0.39 is 5.97 Å². The Kier molecular flexibility index (Phi) is 3.09. The van der Waals surface area contributed by atoms with Crippen LogP contribution < -0.4 is 9.47 Å². The van der Waals surface area contributed by atoms with E-state index in [0.717, 1.165) is 5.56 Å². The Morgan fingerprint density at radius 3 is 2.80 bits per heavy atom. The van der Waals surface area contributed by atoms with E-state index in [1.165, 1.54) is 0 Å². The van der Waals surface area contributed by atoms with Gasteiger partial charge in [-0.1, -0.05) is 12.1 Å². The third-order valence-corrected chi connectivity index (χ3v) is 2.88. The number of fused-ring (bicyclic) bond motifs is 1. The summed E-state index contributed by atoms with van der Waals surface area (Å²) in [7, 11) is 0. The lowest BCUT2D eigenvalue weighted by molar-refractivity contribution is -0.130. The summed E-state index contributed by atoms with van der Waals surface area (Å²) in [6, 6.07) is 10.4. The van der Waals surface area contributed by atoms with Gasteiger partial charge in [0, 0.05) is 6.20 Å². The summed E-state index contributed by atoms with van der Waals surface area (Å²) < 4.78 is 10.5. The van der Waals surface area contributed by atoms with Crippen molar-refractivity contribution in [1.29, 1.82) is 0 Å². The molecule has 0 aliphatic carbocycles. The third-order valence-electron chi connectivity index (χ3n) is 2.88. The van der Waals surface area contributed by atoms with E-state index in [1.807, 2.05) is 0 Å². The molecule has 1 aliphatic rings. The molecule has 5 nitrogen and oxygen atoms in total. The first kappa shape index (κ1) is 12.2. The zero-order valence-electron chi connectivity index (χ0n) is 10.4. The number of rotatable bonds is 3. The smallest absolute Gasteiger partial charge is 0.337 e. The Morgan fingerprint density at radius 1 is 1.20 bits per heavy atom. The summed E-state index contributed by atoms with van der Waals surface area (Å²) in [4.78, 5) is 15.4. The fourth-order valence-corrected chi connectivity index (χ4v) is 1.94. The lowest BCUT2D eigenvalue weighted by Crippen LogP contribution is -2.01. The van der Waals surface area contributed by atoms with Crippen molar-refractivity contribution < 1.29 is 19.4 Å². The van der Waals surface area contributed by atoms with Crippen LogP contribution in [0, 0.1) is 0 Å². The highest BCUT2D eigenvalue weighted by Crippen LogP contribution is 2.33. The standard InChI is InChI=1S/C15H11NO4/c17-15(18)11(12-3-1-2-6-16-12)7-10-4-5-13-14(8-10)20-9-19-13/h1-8H,9H2,(H,17,18)/b11-7+. The molecule has 2 aromatic rings. The second-order valence-electron chi connectivity index (χ2n) is 4.19. The number of aliphatic carboxylic acids is 1. The molecule has 0 fully saturated rings. The Labute approximate surface area is 115 Å². The summed E-state index contributed by atoms with van der Waals surface area (Å²) in [5, 5.41) is 9.32. The maximum Gasteiger partial charge on any atom is 0.337 e. The molecule has 1 N–H and O–H groups in total. The van der Waals surface area contributed by atoms with Gasteiger partial charge in [-0.05, 0) is 35.9 Å². The van der Waals surface area contributed by atoms with Crippen LogP contribution in [-0.2, 0) is 4.79 Å². The number of hydrogen-bond donors (Lipinski definition) is 1. The van der Waals surface area contributed by atoms with Crippen molar-refractivity contribution in [2.75, 3.05) is 6.79 Å². The van der Waals surface area contributed by atoms with Gasteiger partial charge < -0.3 is 14.6 Å². The summed E-state index contributed by atoms with van der Waals surface area (Å²) in [5.74, 6) is 0.253. The number of carboxylic acid groups (broad SMARTS) is 1. The van der Waals surface area contributed by atoms with Crippen LogP contribution in [0.1, 0.15) is 11.3 Å². The molecule has 100 valence electrons. The van der Waals surface area contributed by atoms with Gasteiger partial charge in [-0.15, -0.1) is 0 Å². The van der Waals surface area contributed by atoms with Crippen molar-refractivity contribution in [2.24, 2.45) is 0 Å². The third kappa shape index (κ3) is 2.33. The van der Waals surface area contributed by atoms with Gasteiger partial charge in [0.2, 0.25) is 6.79 Å². The van der Waals surface area contributed by atoms with Gasteiger partial charge in [-0.2, -0.15) is 0 Å².